The third-order valence-corrected chi connectivity index (χ3v) is 8.63. The molecule has 0 aromatic heterocycles. The zero-order chi connectivity index (χ0) is 25.5. The molecule has 6 atom stereocenters. The van der Waals surface area contributed by atoms with Crippen LogP contribution in [0.3, 0.4) is 0 Å². The van der Waals surface area contributed by atoms with Gasteiger partial charge in [-0.05, 0) is 11.8 Å². The van der Waals surface area contributed by atoms with E-state index < -0.39 is 45.7 Å². The molecule has 0 spiro atoms. The van der Waals surface area contributed by atoms with Crippen molar-refractivity contribution in [2.75, 3.05) is 24.6 Å². The molecular formula is C22H36N4O6S2. The van der Waals surface area contributed by atoms with E-state index in [1.807, 2.05) is 27.7 Å². The summed E-state index contributed by atoms with van der Waals surface area (Å²) in [5, 5.41) is 2.65. The van der Waals surface area contributed by atoms with Crippen LogP contribution in [0.25, 0.3) is 0 Å². The van der Waals surface area contributed by atoms with Gasteiger partial charge in [0.25, 0.3) is 10.1 Å². The average molecular weight is 517 g/mol. The summed E-state index contributed by atoms with van der Waals surface area (Å²) in [6.07, 6.45) is 3.14. The topological polar surface area (TPSA) is 163 Å². The van der Waals surface area contributed by atoms with Crippen molar-refractivity contribution in [2.45, 2.75) is 62.7 Å². The number of Topliss-reactive ketones (excluding diaryl/α,β-unsaturated/α-hetero) is 2. The summed E-state index contributed by atoms with van der Waals surface area (Å²) in [5.74, 6) is -1.75. The van der Waals surface area contributed by atoms with Crippen molar-refractivity contribution in [2.24, 2.45) is 23.3 Å². The van der Waals surface area contributed by atoms with Crippen LogP contribution in [-0.2, 0) is 28.7 Å². The molecule has 2 aliphatic heterocycles. The zero-order valence-electron chi connectivity index (χ0n) is 20.1. The molecule has 6 N–H and O–H groups in total. The van der Waals surface area contributed by atoms with Gasteiger partial charge in [-0.25, -0.2) is 9.59 Å². The molecule has 2 unspecified atom stereocenters. The van der Waals surface area contributed by atoms with Gasteiger partial charge in [-0.2, -0.15) is 0 Å². The molecule has 0 aromatic rings. The standard InChI is InChI=1S/C22H36N4O6S2/c1-5-13(3)17(23)19(29)21(25-9-11-33-21)31-15(27)7-8-16(28)32-22(26-10-12-34-22)20(30)18(24)14(4)6-2/h7-8,13-14,17-18,25-26H,5-6,9-12,23-24H2,1-4H3/b8-7+/t13-,14-,17-,18-,21?,22?/m0/s1. The average Bonchev–Trinajstić information content (AvgIpc) is 3.50. The van der Waals surface area contributed by atoms with E-state index in [1.54, 1.807) is 0 Å². The highest BCUT2D eigenvalue weighted by atomic mass is 32.2. The number of esters is 2. The predicted molar refractivity (Wildman–Crippen MR) is 133 cm³/mol. The van der Waals surface area contributed by atoms with E-state index in [-0.39, 0.29) is 11.8 Å². The van der Waals surface area contributed by atoms with Crippen LogP contribution in [0.2, 0.25) is 0 Å². The summed E-state index contributed by atoms with van der Waals surface area (Å²) in [5.41, 5.74) is 12.2. The molecule has 0 saturated carbocycles. The van der Waals surface area contributed by atoms with E-state index in [0.717, 1.165) is 35.7 Å². The summed E-state index contributed by atoms with van der Waals surface area (Å²) < 4.78 is 10.9. The molecule has 34 heavy (non-hydrogen) atoms. The Morgan fingerprint density at radius 3 is 1.44 bits per heavy atom. The number of nitrogens with one attached hydrogen (secondary N) is 2. The molecule has 2 fully saturated rings. The van der Waals surface area contributed by atoms with Crippen LogP contribution in [0.1, 0.15) is 40.5 Å². The number of hydrogen-bond acceptors (Lipinski definition) is 12. The lowest BCUT2D eigenvalue weighted by Crippen LogP contribution is -2.57. The van der Waals surface area contributed by atoms with Gasteiger partial charge in [0.2, 0.25) is 11.6 Å². The van der Waals surface area contributed by atoms with Crippen molar-refractivity contribution in [3.8, 4) is 0 Å². The molecule has 0 amide bonds. The van der Waals surface area contributed by atoms with Crippen molar-refractivity contribution in [3.05, 3.63) is 12.2 Å². The fourth-order valence-electron chi connectivity index (χ4n) is 3.42. The van der Waals surface area contributed by atoms with Gasteiger partial charge in [0.15, 0.2) is 0 Å². The molecule has 192 valence electrons. The summed E-state index contributed by atoms with van der Waals surface area (Å²) in [4.78, 5) is 50.9. The van der Waals surface area contributed by atoms with Crippen LogP contribution in [0, 0.1) is 11.8 Å². The molecule has 2 saturated heterocycles. The Morgan fingerprint density at radius 2 is 1.18 bits per heavy atom. The predicted octanol–water partition coefficient (Wildman–Crippen LogP) is 0.494. The lowest BCUT2D eigenvalue weighted by Gasteiger charge is -2.31. The Hall–Kier alpha value is -1.44. The first kappa shape index (κ1) is 28.8. The van der Waals surface area contributed by atoms with E-state index in [4.69, 9.17) is 20.9 Å². The minimum Gasteiger partial charge on any atom is -0.423 e. The molecule has 0 radical (unpaired) electrons. The van der Waals surface area contributed by atoms with Gasteiger partial charge >= 0.3 is 11.9 Å². The Labute approximate surface area is 209 Å². The number of rotatable bonds is 12. The van der Waals surface area contributed by atoms with E-state index in [2.05, 4.69) is 10.6 Å². The van der Waals surface area contributed by atoms with E-state index in [1.165, 1.54) is 0 Å². The largest absolute Gasteiger partial charge is 0.423 e. The van der Waals surface area contributed by atoms with Gasteiger partial charge in [0, 0.05) is 36.7 Å². The molecule has 2 rings (SSSR count). The number of ether oxygens (including phenoxy) is 2. The molecule has 2 heterocycles. The van der Waals surface area contributed by atoms with Crippen molar-refractivity contribution in [3.63, 3.8) is 0 Å². The maximum atomic E-state index is 13.0. The quantitative estimate of drug-likeness (QED) is 0.210. The third kappa shape index (κ3) is 6.61. The number of carbonyl (C=O) groups is 4. The highest BCUT2D eigenvalue weighted by Crippen LogP contribution is 2.33. The Bertz CT molecular complexity index is 732. The number of carbonyl (C=O) groups excluding carboxylic acids is 4. The third-order valence-electron chi connectivity index (χ3n) is 6.14. The second-order valence-corrected chi connectivity index (χ2v) is 11.1. The van der Waals surface area contributed by atoms with Crippen LogP contribution in [0.4, 0.5) is 0 Å². The van der Waals surface area contributed by atoms with E-state index >= 15 is 0 Å². The van der Waals surface area contributed by atoms with Gasteiger partial charge in [0.05, 0.1) is 12.1 Å². The first-order valence-corrected chi connectivity index (χ1v) is 13.5. The maximum absolute atomic E-state index is 13.0. The van der Waals surface area contributed by atoms with Gasteiger partial charge in [-0.1, -0.05) is 64.1 Å². The first-order valence-electron chi connectivity index (χ1n) is 11.5. The van der Waals surface area contributed by atoms with Crippen LogP contribution >= 0.6 is 23.5 Å². The summed E-state index contributed by atoms with van der Waals surface area (Å²) in [6, 6.07) is -1.62. The van der Waals surface area contributed by atoms with Crippen molar-refractivity contribution < 1.29 is 28.7 Å². The second kappa shape index (κ2) is 12.5. The van der Waals surface area contributed by atoms with Crippen molar-refractivity contribution in [1.29, 1.82) is 0 Å². The van der Waals surface area contributed by atoms with Gasteiger partial charge < -0.3 is 20.9 Å². The normalized spacial score (nSPS) is 28.3. The monoisotopic (exact) mass is 516 g/mol. The number of thioether (sulfide) groups is 2. The molecule has 12 heteroatoms. The summed E-state index contributed by atoms with van der Waals surface area (Å²) in [7, 11) is 0. The lowest BCUT2D eigenvalue weighted by atomic mass is 9.95. The highest BCUT2D eigenvalue weighted by Gasteiger charge is 2.50. The minimum atomic E-state index is -1.60. The number of hydrogen-bond donors (Lipinski definition) is 4. The zero-order valence-corrected chi connectivity index (χ0v) is 21.8. The maximum Gasteiger partial charge on any atom is 0.333 e. The number of nitrogens with two attached hydrogens (primary N) is 2. The van der Waals surface area contributed by atoms with E-state index in [9.17, 15) is 19.2 Å². The van der Waals surface area contributed by atoms with Gasteiger partial charge in [-0.3, -0.25) is 20.2 Å². The molecule has 10 nitrogen and oxygen atoms in total. The van der Waals surface area contributed by atoms with Crippen LogP contribution in [-0.4, -0.2) is 70.3 Å². The fourth-order valence-corrected chi connectivity index (χ4v) is 5.65. The molecule has 0 aliphatic carbocycles. The summed E-state index contributed by atoms with van der Waals surface area (Å²) in [6.45, 7) is 8.48. The van der Waals surface area contributed by atoms with Crippen LogP contribution < -0.4 is 22.1 Å². The van der Waals surface area contributed by atoms with Crippen LogP contribution in [0.5, 0.6) is 0 Å². The Balaban J connectivity index is 2.07. The fraction of sp³-hybridized carbons (Fsp3) is 0.727. The summed E-state index contributed by atoms with van der Waals surface area (Å²) >= 11 is 2.30. The molecule has 0 aromatic carbocycles. The van der Waals surface area contributed by atoms with Crippen molar-refractivity contribution in [1.82, 2.24) is 10.6 Å². The molecule has 0 bridgehead atoms. The van der Waals surface area contributed by atoms with Crippen molar-refractivity contribution >= 4 is 47.0 Å². The first-order chi connectivity index (χ1) is 16.0. The second-order valence-electron chi connectivity index (χ2n) is 8.51. The molecule has 2 aliphatic rings. The van der Waals surface area contributed by atoms with E-state index in [0.29, 0.717) is 37.4 Å². The smallest absolute Gasteiger partial charge is 0.333 e. The number of ketones is 2. The Kier molecular flexibility index (Phi) is 10.6. The van der Waals surface area contributed by atoms with Gasteiger partial charge in [0.1, 0.15) is 0 Å². The lowest BCUT2D eigenvalue weighted by molar-refractivity contribution is -0.158. The SMILES string of the molecule is CC[C@H](C)[C@H](N)C(=O)C1(OC(=O)/C=C/C(=O)OC2(C(=O)[C@@H](N)[C@@H](C)CC)NCCS2)NCCS1. The van der Waals surface area contributed by atoms with Crippen LogP contribution in [0.15, 0.2) is 12.2 Å². The minimum absolute atomic E-state index is 0.0940. The Morgan fingerprint density at radius 1 is 0.824 bits per heavy atom. The highest BCUT2D eigenvalue weighted by molar-refractivity contribution is 8.01. The molecular weight excluding hydrogens is 480 g/mol. The van der Waals surface area contributed by atoms with Gasteiger partial charge in [-0.15, -0.1) is 0 Å².